The Morgan fingerprint density at radius 3 is 1.92 bits per heavy atom. The molecule has 0 N–H and O–H groups in total. The van der Waals surface area contributed by atoms with Gasteiger partial charge in [0.2, 0.25) is 0 Å². The predicted molar refractivity (Wildman–Crippen MR) is 103 cm³/mol. The Kier molecular flexibility index (Phi) is 9.19. The van der Waals surface area contributed by atoms with Gasteiger partial charge in [0.1, 0.15) is 5.04 Å². The number of hydrogen-bond donors (Lipinski definition) is 0. The van der Waals surface area contributed by atoms with E-state index >= 15 is 0 Å². The standard InChI is InChI=1S/C18H37O4Si2/c1-7-18(6,23(20-8-2)21-9-3)17(19)22-24(10-4,11-5)16-14-12-13-15-16/h16H,7-15H2,1-6H3. The van der Waals surface area contributed by atoms with E-state index in [1.165, 1.54) is 25.7 Å². The predicted octanol–water partition coefficient (Wildman–Crippen LogP) is 5.19. The molecular weight excluding hydrogens is 336 g/mol. The maximum absolute atomic E-state index is 13.3. The van der Waals surface area contributed by atoms with Crippen molar-refractivity contribution in [3.8, 4) is 0 Å². The van der Waals surface area contributed by atoms with Gasteiger partial charge in [-0.15, -0.1) is 0 Å². The van der Waals surface area contributed by atoms with Crippen molar-refractivity contribution in [1.82, 2.24) is 0 Å². The molecule has 1 rings (SSSR count). The van der Waals surface area contributed by atoms with Crippen LogP contribution in [0.3, 0.4) is 0 Å². The molecule has 0 saturated heterocycles. The molecule has 0 bridgehead atoms. The second-order valence-electron chi connectivity index (χ2n) is 6.98. The fraction of sp³-hybridized carbons (Fsp3) is 0.944. The molecule has 24 heavy (non-hydrogen) atoms. The van der Waals surface area contributed by atoms with Gasteiger partial charge >= 0.3 is 9.28 Å². The largest absolute Gasteiger partial charge is 0.518 e. The first-order valence-electron chi connectivity index (χ1n) is 9.80. The van der Waals surface area contributed by atoms with Crippen LogP contribution in [0.4, 0.5) is 0 Å². The fourth-order valence-corrected chi connectivity index (χ4v) is 9.82. The molecule has 1 unspecified atom stereocenters. The lowest BCUT2D eigenvalue weighted by Crippen LogP contribution is -2.50. The maximum atomic E-state index is 13.3. The van der Waals surface area contributed by atoms with Crippen molar-refractivity contribution >= 4 is 23.6 Å². The molecule has 1 atom stereocenters. The van der Waals surface area contributed by atoms with Crippen LogP contribution in [0.5, 0.6) is 0 Å². The molecular formula is C18H37O4Si2. The zero-order chi connectivity index (χ0) is 18.2. The van der Waals surface area contributed by atoms with Crippen molar-refractivity contribution in [2.45, 2.75) is 96.3 Å². The van der Waals surface area contributed by atoms with Crippen LogP contribution < -0.4 is 0 Å². The second-order valence-corrected chi connectivity index (χ2v) is 13.8. The van der Waals surface area contributed by atoms with Gasteiger partial charge in [0.05, 0.1) is 0 Å². The molecule has 0 aromatic heterocycles. The summed E-state index contributed by atoms with van der Waals surface area (Å²) in [6, 6.07) is 2.04. The lowest BCUT2D eigenvalue weighted by molar-refractivity contribution is -0.139. The summed E-state index contributed by atoms with van der Waals surface area (Å²) >= 11 is 0. The van der Waals surface area contributed by atoms with Crippen LogP contribution in [-0.4, -0.2) is 36.8 Å². The number of hydrogen-bond acceptors (Lipinski definition) is 4. The monoisotopic (exact) mass is 373 g/mol. The average molecular weight is 374 g/mol. The first-order valence-corrected chi connectivity index (χ1v) is 13.5. The molecule has 0 aliphatic heterocycles. The van der Waals surface area contributed by atoms with Crippen LogP contribution in [-0.2, 0) is 18.1 Å². The summed E-state index contributed by atoms with van der Waals surface area (Å²) in [6.07, 6.45) is 5.74. The molecule has 0 aromatic rings. The summed E-state index contributed by atoms with van der Waals surface area (Å²) in [5, 5.41) is -0.641. The quantitative estimate of drug-likeness (QED) is 0.467. The summed E-state index contributed by atoms with van der Waals surface area (Å²) in [4.78, 5) is 13.3. The highest BCUT2D eigenvalue weighted by Crippen LogP contribution is 2.46. The molecule has 1 fully saturated rings. The molecule has 0 heterocycles. The zero-order valence-corrected chi connectivity index (χ0v) is 18.6. The Balaban J connectivity index is 3.00. The van der Waals surface area contributed by atoms with Gasteiger partial charge in [0, 0.05) is 13.2 Å². The molecule has 141 valence electrons. The van der Waals surface area contributed by atoms with Gasteiger partial charge in [-0.2, -0.15) is 0 Å². The van der Waals surface area contributed by atoms with Crippen molar-refractivity contribution in [3.05, 3.63) is 0 Å². The minimum atomic E-state index is -2.04. The van der Waals surface area contributed by atoms with Crippen LogP contribution in [0.15, 0.2) is 0 Å². The van der Waals surface area contributed by atoms with E-state index < -0.39 is 22.6 Å². The van der Waals surface area contributed by atoms with Crippen molar-refractivity contribution < 1.29 is 18.1 Å². The van der Waals surface area contributed by atoms with Crippen LogP contribution in [0.25, 0.3) is 0 Å². The van der Waals surface area contributed by atoms with E-state index in [2.05, 4.69) is 13.8 Å². The van der Waals surface area contributed by atoms with Crippen LogP contribution in [0.2, 0.25) is 22.7 Å². The zero-order valence-electron chi connectivity index (χ0n) is 16.6. The molecule has 0 amide bonds. The highest BCUT2D eigenvalue weighted by molar-refractivity contribution is 6.77. The summed E-state index contributed by atoms with van der Waals surface area (Å²) in [6.45, 7) is 13.5. The Labute approximate surface area is 151 Å². The summed E-state index contributed by atoms with van der Waals surface area (Å²) in [5.41, 5.74) is 0.632. The fourth-order valence-electron chi connectivity index (χ4n) is 3.80. The summed E-state index contributed by atoms with van der Waals surface area (Å²) in [5.74, 6) is -0.0666. The third kappa shape index (κ3) is 4.71. The highest BCUT2D eigenvalue weighted by atomic mass is 28.4. The Morgan fingerprint density at radius 1 is 1.04 bits per heavy atom. The van der Waals surface area contributed by atoms with Crippen molar-refractivity contribution in [1.29, 1.82) is 0 Å². The minimum Gasteiger partial charge on any atom is -0.518 e. The molecule has 0 spiro atoms. The summed E-state index contributed by atoms with van der Waals surface area (Å²) < 4.78 is 18.1. The lowest BCUT2D eigenvalue weighted by Gasteiger charge is -2.39. The van der Waals surface area contributed by atoms with E-state index in [4.69, 9.17) is 13.3 Å². The van der Waals surface area contributed by atoms with Crippen molar-refractivity contribution in [3.63, 3.8) is 0 Å². The third-order valence-corrected chi connectivity index (χ3v) is 13.4. The number of carbonyl (C=O) groups is 1. The molecule has 1 saturated carbocycles. The van der Waals surface area contributed by atoms with Gasteiger partial charge in [-0.3, -0.25) is 4.79 Å². The highest BCUT2D eigenvalue weighted by Gasteiger charge is 2.52. The molecule has 4 nitrogen and oxygen atoms in total. The molecule has 1 aliphatic rings. The van der Waals surface area contributed by atoms with E-state index in [1.807, 2.05) is 27.7 Å². The van der Waals surface area contributed by atoms with Gasteiger partial charge in [-0.25, -0.2) is 0 Å². The average Bonchev–Trinajstić information content (AvgIpc) is 3.13. The van der Waals surface area contributed by atoms with Gasteiger partial charge < -0.3 is 13.3 Å². The minimum absolute atomic E-state index is 0.0666. The van der Waals surface area contributed by atoms with Crippen molar-refractivity contribution in [2.24, 2.45) is 0 Å². The topological polar surface area (TPSA) is 44.8 Å². The number of carbonyl (C=O) groups excluding carboxylic acids is 1. The van der Waals surface area contributed by atoms with Crippen LogP contribution in [0, 0.1) is 0 Å². The number of rotatable bonds is 11. The molecule has 1 radical (unpaired) electrons. The Bertz CT molecular complexity index is 375. The van der Waals surface area contributed by atoms with E-state index in [1.54, 1.807) is 0 Å². The maximum Gasteiger partial charge on any atom is 0.402 e. The Morgan fingerprint density at radius 2 is 1.54 bits per heavy atom. The van der Waals surface area contributed by atoms with Crippen LogP contribution in [0.1, 0.15) is 73.6 Å². The van der Waals surface area contributed by atoms with Gasteiger partial charge in [-0.05, 0) is 57.7 Å². The molecule has 0 aromatic carbocycles. The van der Waals surface area contributed by atoms with Gasteiger partial charge in [-0.1, -0.05) is 33.6 Å². The third-order valence-electron chi connectivity index (χ3n) is 5.75. The normalized spacial score (nSPS) is 18.8. The van der Waals surface area contributed by atoms with E-state index in [0.29, 0.717) is 25.2 Å². The van der Waals surface area contributed by atoms with Gasteiger partial charge in [0.25, 0.3) is 14.3 Å². The SMILES string of the molecule is CCO[Si](OCC)C(C)(CC)C(=O)O[Si](CC)(CC)C1CCCC1. The van der Waals surface area contributed by atoms with Crippen LogP contribution >= 0.6 is 0 Å². The summed E-state index contributed by atoms with van der Waals surface area (Å²) in [7, 11) is -3.73. The smallest absolute Gasteiger partial charge is 0.402 e. The second kappa shape index (κ2) is 10.1. The van der Waals surface area contributed by atoms with E-state index in [0.717, 1.165) is 12.1 Å². The molecule has 1 aliphatic carbocycles. The van der Waals surface area contributed by atoms with Crippen molar-refractivity contribution in [2.75, 3.05) is 13.2 Å². The van der Waals surface area contributed by atoms with E-state index in [-0.39, 0.29) is 5.97 Å². The van der Waals surface area contributed by atoms with Gasteiger partial charge in [0.15, 0.2) is 0 Å². The first-order chi connectivity index (χ1) is 11.4. The Hall–Kier alpha value is -0.176. The van der Waals surface area contributed by atoms with E-state index in [9.17, 15) is 4.79 Å². The molecule has 6 heteroatoms. The first kappa shape index (κ1) is 21.9. The lowest BCUT2D eigenvalue weighted by atomic mass is 10.1.